The molecule has 0 amide bonds. The Morgan fingerprint density at radius 1 is 1.04 bits per heavy atom. The van der Waals surface area contributed by atoms with Crippen molar-refractivity contribution in [1.29, 1.82) is 0 Å². The first-order chi connectivity index (χ1) is 12.6. The number of ether oxygens (including phenoxy) is 3. The van der Waals surface area contributed by atoms with Crippen LogP contribution in [-0.2, 0) is 11.3 Å². The molecule has 0 aromatic heterocycles. The maximum absolute atomic E-state index is 11.3. The van der Waals surface area contributed by atoms with E-state index in [1.807, 2.05) is 29.2 Å². The lowest BCUT2D eigenvalue weighted by Crippen LogP contribution is -2.35. The van der Waals surface area contributed by atoms with Crippen molar-refractivity contribution in [2.24, 2.45) is 0 Å². The lowest BCUT2D eigenvalue weighted by atomic mass is 10.2. The number of carboxylic acids is 1. The molecule has 1 saturated heterocycles. The number of carbonyl (C=O) groups is 1. The van der Waals surface area contributed by atoms with Crippen LogP contribution in [0, 0.1) is 0 Å². The summed E-state index contributed by atoms with van der Waals surface area (Å²) in [5, 5.41) is 9.27. The summed E-state index contributed by atoms with van der Waals surface area (Å²) in [6.45, 7) is 1.45. The number of likely N-dealkylation sites (tertiary alicyclic amines) is 1. The molecule has 1 aliphatic rings. The summed E-state index contributed by atoms with van der Waals surface area (Å²) in [5.74, 6) is 1.89. The zero-order chi connectivity index (χ0) is 18.5. The summed E-state index contributed by atoms with van der Waals surface area (Å²) in [5.41, 5.74) is 1.06. The van der Waals surface area contributed by atoms with E-state index >= 15 is 0 Å². The molecule has 6 heteroatoms. The number of carboxylic acid groups (broad SMARTS) is 1. The fourth-order valence-electron chi connectivity index (χ4n) is 3.17. The van der Waals surface area contributed by atoms with Crippen LogP contribution in [0.1, 0.15) is 18.4 Å². The van der Waals surface area contributed by atoms with Gasteiger partial charge in [0.2, 0.25) is 0 Å². The van der Waals surface area contributed by atoms with E-state index in [-0.39, 0.29) is 6.04 Å². The minimum Gasteiger partial charge on any atom is -0.496 e. The van der Waals surface area contributed by atoms with E-state index in [9.17, 15) is 9.90 Å². The first kappa shape index (κ1) is 18.1. The van der Waals surface area contributed by atoms with Crippen molar-refractivity contribution in [3.8, 4) is 23.0 Å². The summed E-state index contributed by atoms with van der Waals surface area (Å²) in [4.78, 5) is 13.3. The molecule has 2 aromatic rings. The number of hydrogen-bond acceptors (Lipinski definition) is 5. The molecule has 26 heavy (non-hydrogen) atoms. The van der Waals surface area contributed by atoms with Crippen LogP contribution in [0.25, 0.3) is 0 Å². The van der Waals surface area contributed by atoms with Crippen LogP contribution in [0.2, 0.25) is 0 Å². The standard InChI is InChI=1S/C20H23NO5/c1-24-16-10-17(25-2)12-18(11-16)26-15-7-5-14(6-8-15)13-21-9-3-4-19(21)20(22)23/h5-8,10-12,19H,3-4,9,13H2,1-2H3,(H,22,23)/t19-/m0/s1. The van der Waals surface area contributed by atoms with Gasteiger partial charge in [0.25, 0.3) is 0 Å². The zero-order valence-corrected chi connectivity index (χ0v) is 15.0. The highest BCUT2D eigenvalue weighted by Gasteiger charge is 2.30. The number of hydrogen-bond donors (Lipinski definition) is 1. The van der Waals surface area contributed by atoms with Gasteiger partial charge in [-0.1, -0.05) is 12.1 Å². The third-order valence-electron chi connectivity index (χ3n) is 4.52. The third-order valence-corrected chi connectivity index (χ3v) is 4.52. The Labute approximate surface area is 152 Å². The molecule has 1 fully saturated rings. The van der Waals surface area contributed by atoms with Crippen LogP contribution in [-0.4, -0.2) is 42.8 Å². The second kappa shape index (κ2) is 8.10. The minimum atomic E-state index is -0.741. The van der Waals surface area contributed by atoms with E-state index in [4.69, 9.17) is 14.2 Å². The molecule has 2 aromatic carbocycles. The van der Waals surface area contributed by atoms with Crippen molar-refractivity contribution < 1.29 is 24.1 Å². The molecule has 138 valence electrons. The maximum Gasteiger partial charge on any atom is 0.320 e. The van der Waals surface area contributed by atoms with Crippen molar-refractivity contribution in [3.63, 3.8) is 0 Å². The predicted molar refractivity (Wildman–Crippen MR) is 97.1 cm³/mol. The van der Waals surface area contributed by atoms with Crippen LogP contribution >= 0.6 is 0 Å². The average molecular weight is 357 g/mol. The second-order valence-corrected chi connectivity index (χ2v) is 6.26. The Morgan fingerprint density at radius 3 is 2.23 bits per heavy atom. The van der Waals surface area contributed by atoms with E-state index < -0.39 is 5.97 Å². The summed E-state index contributed by atoms with van der Waals surface area (Å²) in [7, 11) is 3.19. The Balaban J connectivity index is 1.67. The zero-order valence-electron chi connectivity index (χ0n) is 15.0. The fourth-order valence-corrected chi connectivity index (χ4v) is 3.17. The van der Waals surface area contributed by atoms with Crippen molar-refractivity contribution in [3.05, 3.63) is 48.0 Å². The molecule has 6 nitrogen and oxygen atoms in total. The molecule has 1 aliphatic heterocycles. The van der Waals surface area contributed by atoms with Gasteiger partial charge >= 0.3 is 5.97 Å². The SMILES string of the molecule is COc1cc(OC)cc(Oc2ccc(CN3CCC[C@H]3C(=O)O)cc2)c1. The number of nitrogens with zero attached hydrogens (tertiary/aromatic N) is 1. The average Bonchev–Trinajstić information content (AvgIpc) is 3.11. The molecule has 0 spiro atoms. The number of benzene rings is 2. The molecular weight excluding hydrogens is 334 g/mol. The van der Waals surface area contributed by atoms with Gasteiger partial charge in [-0.05, 0) is 37.1 Å². The van der Waals surface area contributed by atoms with Crippen LogP contribution < -0.4 is 14.2 Å². The first-order valence-corrected chi connectivity index (χ1v) is 8.56. The van der Waals surface area contributed by atoms with E-state index in [1.165, 1.54) is 0 Å². The maximum atomic E-state index is 11.3. The molecule has 0 bridgehead atoms. The number of rotatable bonds is 7. The van der Waals surface area contributed by atoms with Crippen LogP contribution in [0.5, 0.6) is 23.0 Å². The smallest absolute Gasteiger partial charge is 0.320 e. The van der Waals surface area contributed by atoms with Gasteiger partial charge in [0.1, 0.15) is 29.0 Å². The monoisotopic (exact) mass is 357 g/mol. The fraction of sp³-hybridized carbons (Fsp3) is 0.350. The van der Waals surface area contributed by atoms with Gasteiger partial charge in [-0.2, -0.15) is 0 Å². The summed E-state index contributed by atoms with van der Waals surface area (Å²) in [6.07, 6.45) is 1.64. The molecule has 1 N–H and O–H groups in total. The van der Waals surface area contributed by atoms with Gasteiger partial charge in [-0.25, -0.2) is 0 Å². The van der Waals surface area contributed by atoms with E-state index in [1.54, 1.807) is 32.4 Å². The van der Waals surface area contributed by atoms with E-state index in [0.717, 1.165) is 18.5 Å². The summed E-state index contributed by atoms with van der Waals surface area (Å²) in [6, 6.07) is 12.7. The summed E-state index contributed by atoms with van der Waals surface area (Å²) >= 11 is 0. The normalized spacial score (nSPS) is 17.1. The lowest BCUT2D eigenvalue weighted by Gasteiger charge is -2.21. The molecular formula is C20H23NO5. The minimum absolute atomic E-state index is 0.379. The highest BCUT2D eigenvalue weighted by Crippen LogP contribution is 2.31. The second-order valence-electron chi connectivity index (χ2n) is 6.26. The van der Waals surface area contributed by atoms with Crippen LogP contribution in [0.4, 0.5) is 0 Å². The van der Waals surface area contributed by atoms with Gasteiger partial charge in [-0.3, -0.25) is 9.69 Å². The Hall–Kier alpha value is -2.73. The number of aliphatic carboxylic acids is 1. The molecule has 3 rings (SSSR count). The van der Waals surface area contributed by atoms with Gasteiger partial charge in [0.15, 0.2) is 0 Å². The summed E-state index contributed by atoms with van der Waals surface area (Å²) < 4.78 is 16.4. The molecule has 1 heterocycles. The largest absolute Gasteiger partial charge is 0.496 e. The van der Waals surface area contributed by atoms with Crippen molar-refractivity contribution in [2.45, 2.75) is 25.4 Å². The predicted octanol–water partition coefficient (Wildman–Crippen LogP) is 3.55. The Kier molecular flexibility index (Phi) is 5.63. The Morgan fingerprint density at radius 2 is 1.65 bits per heavy atom. The van der Waals surface area contributed by atoms with Crippen LogP contribution in [0.3, 0.4) is 0 Å². The van der Waals surface area contributed by atoms with Crippen molar-refractivity contribution in [1.82, 2.24) is 4.90 Å². The highest BCUT2D eigenvalue weighted by atomic mass is 16.5. The molecule has 0 radical (unpaired) electrons. The number of methoxy groups -OCH3 is 2. The van der Waals surface area contributed by atoms with Gasteiger partial charge in [0, 0.05) is 24.7 Å². The Bertz CT molecular complexity index is 737. The lowest BCUT2D eigenvalue weighted by molar-refractivity contribution is -0.142. The van der Waals surface area contributed by atoms with Crippen LogP contribution in [0.15, 0.2) is 42.5 Å². The molecule has 0 aliphatic carbocycles. The van der Waals surface area contributed by atoms with Gasteiger partial charge in [0.05, 0.1) is 14.2 Å². The quantitative estimate of drug-likeness (QED) is 0.817. The third kappa shape index (κ3) is 4.26. The molecule has 0 unspecified atom stereocenters. The highest BCUT2D eigenvalue weighted by molar-refractivity contribution is 5.73. The van der Waals surface area contributed by atoms with Gasteiger partial charge in [-0.15, -0.1) is 0 Å². The molecule has 1 atom stereocenters. The van der Waals surface area contributed by atoms with E-state index in [2.05, 4.69) is 0 Å². The first-order valence-electron chi connectivity index (χ1n) is 8.56. The topological polar surface area (TPSA) is 68.2 Å². The van der Waals surface area contributed by atoms with Gasteiger partial charge < -0.3 is 19.3 Å². The van der Waals surface area contributed by atoms with Crippen molar-refractivity contribution >= 4 is 5.97 Å². The van der Waals surface area contributed by atoms with Crippen molar-refractivity contribution in [2.75, 3.05) is 20.8 Å². The molecule has 0 saturated carbocycles. The van der Waals surface area contributed by atoms with E-state index in [0.29, 0.717) is 36.0 Å².